The first-order chi connectivity index (χ1) is 14.8. The molecule has 0 unspecified atom stereocenters. The van der Waals surface area contributed by atoms with Gasteiger partial charge in [-0.05, 0) is 60.4 Å². The van der Waals surface area contributed by atoms with Crippen molar-refractivity contribution < 1.29 is 9.18 Å². The fourth-order valence-electron chi connectivity index (χ4n) is 3.01. The lowest BCUT2D eigenvalue weighted by Crippen LogP contribution is -2.30. The van der Waals surface area contributed by atoms with Crippen molar-refractivity contribution in [3.05, 3.63) is 92.8 Å². The summed E-state index contributed by atoms with van der Waals surface area (Å²) in [4.78, 5) is 29.1. The summed E-state index contributed by atoms with van der Waals surface area (Å²) in [5, 5.41) is 6.96. The Morgan fingerprint density at radius 3 is 2.77 bits per heavy atom. The molecule has 0 bridgehead atoms. The van der Waals surface area contributed by atoms with Gasteiger partial charge in [-0.2, -0.15) is 5.10 Å². The third-order valence-corrected chi connectivity index (χ3v) is 4.91. The number of amides is 1. The van der Waals surface area contributed by atoms with E-state index in [0.29, 0.717) is 23.4 Å². The molecule has 7 nitrogen and oxygen atoms in total. The molecule has 2 heterocycles. The molecule has 0 fully saturated rings. The van der Waals surface area contributed by atoms with E-state index in [2.05, 4.69) is 15.4 Å². The van der Waals surface area contributed by atoms with Crippen molar-refractivity contribution in [1.82, 2.24) is 15.0 Å². The Bertz CT molecular complexity index is 1170. The summed E-state index contributed by atoms with van der Waals surface area (Å²) in [6, 6.07) is 9.72. The number of nitrogens with zero attached hydrogens (tertiary/aromatic N) is 3. The largest absolute Gasteiger partial charge is 0.384 e. The summed E-state index contributed by atoms with van der Waals surface area (Å²) < 4.78 is 14.6. The highest BCUT2D eigenvalue weighted by Crippen LogP contribution is 2.10. The lowest BCUT2D eigenvalue weighted by molar-refractivity contribution is -0.120. The third kappa shape index (κ3) is 5.85. The Hall–Kier alpha value is -3.81. The Labute approximate surface area is 179 Å². The average Bonchev–Trinajstić information content (AvgIpc) is 2.74. The van der Waals surface area contributed by atoms with E-state index in [4.69, 9.17) is 5.73 Å². The molecule has 0 spiro atoms. The predicted octanol–water partition coefficient (Wildman–Crippen LogP) is 2.52. The highest BCUT2D eigenvalue weighted by atomic mass is 19.1. The van der Waals surface area contributed by atoms with E-state index in [1.165, 1.54) is 16.8 Å². The van der Waals surface area contributed by atoms with Crippen molar-refractivity contribution in [2.45, 2.75) is 33.2 Å². The number of nitrogen functional groups attached to an aromatic ring is 1. The molecule has 3 N–H and O–H groups in total. The van der Waals surface area contributed by atoms with Crippen LogP contribution in [0.3, 0.4) is 0 Å². The van der Waals surface area contributed by atoms with Gasteiger partial charge in [-0.1, -0.05) is 12.1 Å². The number of carbonyl (C=O) groups excluding carboxylic acids is 1. The Kier molecular flexibility index (Phi) is 6.92. The molecule has 3 aromatic rings. The zero-order chi connectivity index (χ0) is 22.4. The van der Waals surface area contributed by atoms with Crippen LogP contribution < -0.4 is 16.6 Å². The van der Waals surface area contributed by atoms with Crippen LogP contribution in [-0.4, -0.2) is 21.8 Å². The van der Waals surface area contributed by atoms with E-state index in [9.17, 15) is 14.0 Å². The molecule has 0 aliphatic carbocycles. The Balaban J connectivity index is 1.68. The van der Waals surface area contributed by atoms with Gasteiger partial charge in [-0.15, -0.1) is 0 Å². The number of benzene rings is 1. The molecular formula is C23H24FN5O2. The molecule has 3 rings (SSSR count). The number of rotatable bonds is 7. The standard InChI is InChI=1S/C23H24FN5O2/c1-15-3-5-19(24)11-18(15)7-9-28-29-10-8-16(2)20(23(29)31)12-22(30)27-14-17-4-6-21(25)26-13-17/h3-6,8-11,13H,7,12,14H2,1-2H3,(H2,25,26)(H,27,30)/b28-9+. The molecule has 8 heteroatoms. The maximum atomic E-state index is 13.4. The highest BCUT2D eigenvalue weighted by Gasteiger charge is 2.12. The van der Waals surface area contributed by atoms with Crippen molar-refractivity contribution in [1.29, 1.82) is 0 Å². The summed E-state index contributed by atoms with van der Waals surface area (Å²) in [6.45, 7) is 3.95. The van der Waals surface area contributed by atoms with Gasteiger partial charge in [0.15, 0.2) is 0 Å². The Morgan fingerprint density at radius 1 is 1.23 bits per heavy atom. The molecule has 0 saturated heterocycles. The van der Waals surface area contributed by atoms with Crippen LogP contribution in [0.1, 0.15) is 27.8 Å². The normalized spacial score (nSPS) is 11.1. The molecule has 2 aromatic heterocycles. The summed E-state index contributed by atoms with van der Waals surface area (Å²) in [7, 11) is 0. The summed E-state index contributed by atoms with van der Waals surface area (Å²) in [5.74, 6) is -0.192. The number of aromatic nitrogens is 2. The number of carbonyl (C=O) groups is 1. The van der Waals surface area contributed by atoms with Crippen LogP contribution in [0, 0.1) is 19.7 Å². The molecule has 1 amide bonds. The van der Waals surface area contributed by atoms with E-state index in [1.54, 1.807) is 49.8 Å². The van der Waals surface area contributed by atoms with Gasteiger partial charge in [0.1, 0.15) is 11.6 Å². The van der Waals surface area contributed by atoms with Crippen LogP contribution in [0.5, 0.6) is 0 Å². The molecule has 0 aliphatic heterocycles. The van der Waals surface area contributed by atoms with E-state index in [1.807, 2.05) is 6.92 Å². The average molecular weight is 421 g/mol. The minimum atomic E-state index is -0.364. The monoisotopic (exact) mass is 421 g/mol. The third-order valence-electron chi connectivity index (χ3n) is 4.91. The molecule has 1 aromatic carbocycles. The van der Waals surface area contributed by atoms with Gasteiger partial charge < -0.3 is 11.1 Å². The summed E-state index contributed by atoms with van der Waals surface area (Å²) in [6.07, 6.45) is 5.01. The van der Waals surface area contributed by atoms with Crippen molar-refractivity contribution in [2.24, 2.45) is 5.10 Å². The van der Waals surface area contributed by atoms with Crippen LogP contribution in [0.2, 0.25) is 0 Å². The lowest BCUT2D eigenvalue weighted by Gasteiger charge is -2.09. The van der Waals surface area contributed by atoms with Crippen molar-refractivity contribution >= 4 is 17.9 Å². The highest BCUT2D eigenvalue weighted by molar-refractivity contribution is 5.78. The van der Waals surface area contributed by atoms with Gasteiger partial charge >= 0.3 is 0 Å². The van der Waals surface area contributed by atoms with E-state index in [0.717, 1.165) is 16.7 Å². The molecule has 0 saturated carbocycles. The van der Waals surface area contributed by atoms with Gasteiger partial charge in [-0.25, -0.2) is 14.1 Å². The first-order valence-corrected chi connectivity index (χ1v) is 9.79. The van der Waals surface area contributed by atoms with Crippen molar-refractivity contribution in [3.8, 4) is 0 Å². The number of anilines is 1. The van der Waals surface area contributed by atoms with Crippen molar-refractivity contribution in [2.75, 3.05) is 5.73 Å². The van der Waals surface area contributed by atoms with E-state index < -0.39 is 0 Å². The lowest BCUT2D eigenvalue weighted by atomic mass is 10.1. The van der Waals surface area contributed by atoms with Gasteiger partial charge in [0.2, 0.25) is 5.91 Å². The molecular weight excluding hydrogens is 397 g/mol. The maximum absolute atomic E-state index is 13.4. The van der Waals surface area contributed by atoms with Crippen molar-refractivity contribution in [3.63, 3.8) is 0 Å². The quantitative estimate of drug-likeness (QED) is 0.572. The number of aryl methyl sites for hydroxylation is 2. The number of pyridine rings is 2. The first kappa shape index (κ1) is 21.9. The smallest absolute Gasteiger partial charge is 0.274 e. The van der Waals surface area contributed by atoms with Gasteiger partial charge in [0.25, 0.3) is 5.56 Å². The molecule has 0 aliphatic rings. The number of nitrogens with one attached hydrogen (secondary N) is 1. The number of nitrogens with two attached hydrogens (primary N) is 1. The number of hydrogen-bond acceptors (Lipinski definition) is 5. The SMILES string of the molecule is Cc1ccc(F)cc1C/C=N/n1ccc(C)c(CC(=O)NCc2ccc(N)nc2)c1=O. The zero-order valence-electron chi connectivity index (χ0n) is 17.4. The number of hydrogen-bond donors (Lipinski definition) is 2. The summed E-state index contributed by atoms with van der Waals surface area (Å²) >= 11 is 0. The van der Waals surface area contributed by atoms with Crippen LogP contribution >= 0.6 is 0 Å². The second-order valence-corrected chi connectivity index (χ2v) is 7.24. The molecule has 31 heavy (non-hydrogen) atoms. The number of halogens is 1. The molecule has 160 valence electrons. The zero-order valence-corrected chi connectivity index (χ0v) is 17.4. The predicted molar refractivity (Wildman–Crippen MR) is 118 cm³/mol. The molecule has 0 radical (unpaired) electrons. The topological polar surface area (TPSA) is 102 Å². The van der Waals surface area contributed by atoms with E-state index in [-0.39, 0.29) is 30.2 Å². The van der Waals surface area contributed by atoms with Gasteiger partial charge in [0, 0.05) is 37.1 Å². The van der Waals surface area contributed by atoms with Gasteiger partial charge in [-0.3, -0.25) is 9.59 Å². The summed E-state index contributed by atoms with van der Waals surface area (Å²) in [5.41, 5.74) is 8.81. The Morgan fingerprint density at radius 2 is 2.03 bits per heavy atom. The second kappa shape index (κ2) is 9.80. The van der Waals surface area contributed by atoms with Crippen LogP contribution in [0.15, 0.2) is 58.7 Å². The first-order valence-electron chi connectivity index (χ1n) is 9.79. The second-order valence-electron chi connectivity index (χ2n) is 7.24. The van der Waals surface area contributed by atoms with Crippen LogP contribution in [0.4, 0.5) is 10.2 Å². The van der Waals surface area contributed by atoms with Crippen LogP contribution in [-0.2, 0) is 24.2 Å². The minimum Gasteiger partial charge on any atom is -0.384 e. The fourth-order valence-corrected chi connectivity index (χ4v) is 3.01. The maximum Gasteiger partial charge on any atom is 0.274 e. The minimum absolute atomic E-state index is 0.0631. The van der Waals surface area contributed by atoms with Crippen LogP contribution in [0.25, 0.3) is 0 Å². The van der Waals surface area contributed by atoms with Gasteiger partial charge in [0.05, 0.1) is 6.42 Å². The molecule has 0 atom stereocenters. The fraction of sp³-hybridized carbons (Fsp3) is 0.217. The van der Waals surface area contributed by atoms with E-state index >= 15 is 0 Å².